The van der Waals surface area contributed by atoms with Crippen molar-refractivity contribution >= 4 is 21.2 Å². The van der Waals surface area contributed by atoms with Gasteiger partial charge in [0.2, 0.25) is 0 Å². The van der Waals surface area contributed by atoms with Gasteiger partial charge in [-0.3, -0.25) is 0 Å². The van der Waals surface area contributed by atoms with Gasteiger partial charge in [-0.05, 0) is 29.2 Å². The van der Waals surface area contributed by atoms with Crippen LogP contribution in [0.3, 0.4) is 0 Å². The first kappa shape index (κ1) is 12.3. The molecule has 100 valence electrons. The van der Waals surface area contributed by atoms with E-state index in [1.54, 1.807) is 6.07 Å². The van der Waals surface area contributed by atoms with Gasteiger partial charge >= 0.3 is 10.4 Å². The highest BCUT2D eigenvalue weighted by Crippen LogP contribution is 2.44. The predicted octanol–water partition coefficient (Wildman–Crippen LogP) is 3.05. The summed E-state index contributed by atoms with van der Waals surface area (Å²) in [5.41, 5.74) is 0.893. The predicted molar refractivity (Wildman–Crippen MR) is 72.7 cm³/mol. The van der Waals surface area contributed by atoms with Crippen LogP contribution >= 0.6 is 0 Å². The molecule has 0 N–H and O–H groups in total. The third kappa shape index (κ3) is 2.14. The van der Waals surface area contributed by atoms with Gasteiger partial charge in [-0.1, -0.05) is 38.1 Å². The molecule has 0 aromatic heterocycles. The molecule has 0 atom stereocenters. The van der Waals surface area contributed by atoms with E-state index >= 15 is 0 Å². The fourth-order valence-corrected chi connectivity index (χ4v) is 3.13. The summed E-state index contributed by atoms with van der Waals surface area (Å²) in [7, 11) is -3.94. The monoisotopic (exact) mass is 278 g/mol. The molecule has 0 amide bonds. The minimum atomic E-state index is -3.94. The third-order valence-electron chi connectivity index (χ3n) is 3.06. The van der Waals surface area contributed by atoms with Crippen LogP contribution in [0.4, 0.5) is 0 Å². The van der Waals surface area contributed by atoms with Crippen molar-refractivity contribution < 1.29 is 16.8 Å². The molecule has 2 aromatic carbocycles. The van der Waals surface area contributed by atoms with Gasteiger partial charge in [0.05, 0.1) is 0 Å². The summed E-state index contributed by atoms with van der Waals surface area (Å²) in [5.74, 6) is 1.02. The Balaban J connectivity index is 2.30. The lowest BCUT2D eigenvalue weighted by atomic mass is 9.95. The van der Waals surface area contributed by atoms with E-state index in [4.69, 9.17) is 8.37 Å². The summed E-state index contributed by atoms with van der Waals surface area (Å²) in [6.07, 6.45) is 0.739. The molecule has 0 unspecified atom stereocenters. The fraction of sp³-hybridized carbons (Fsp3) is 0.286. The molecule has 0 bridgehead atoms. The standard InChI is InChI=1S/C14H14O4S/c1-9(2)7-12-11-6-4-3-5-10(11)8-13-14(12)18-19(15,16)17-13/h3-6,8-9H,7H2,1-2H3. The average Bonchev–Trinajstić information content (AvgIpc) is 2.62. The first-order chi connectivity index (χ1) is 8.96. The van der Waals surface area contributed by atoms with Crippen LogP contribution in [-0.4, -0.2) is 8.42 Å². The second-order valence-corrected chi connectivity index (χ2v) is 6.23. The molecule has 5 heteroatoms. The lowest BCUT2D eigenvalue weighted by Gasteiger charge is -2.11. The molecule has 2 aromatic rings. The van der Waals surface area contributed by atoms with E-state index in [1.807, 2.05) is 24.3 Å². The SMILES string of the molecule is CC(C)Cc1c2c(cc3ccccc13)OS(=O)(=O)O2. The van der Waals surface area contributed by atoms with E-state index in [0.29, 0.717) is 11.7 Å². The topological polar surface area (TPSA) is 52.6 Å². The first-order valence-electron chi connectivity index (χ1n) is 6.15. The summed E-state index contributed by atoms with van der Waals surface area (Å²) in [5, 5.41) is 1.97. The Morgan fingerprint density at radius 1 is 1.16 bits per heavy atom. The summed E-state index contributed by atoms with van der Waals surface area (Å²) >= 11 is 0. The zero-order chi connectivity index (χ0) is 13.6. The van der Waals surface area contributed by atoms with Gasteiger partial charge in [0.25, 0.3) is 0 Å². The molecule has 1 heterocycles. The fourth-order valence-electron chi connectivity index (χ4n) is 2.37. The Bertz CT molecular complexity index is 747. The molecule has 0 aliphatic carbocycles. The quantitative estimate of drug-likeness (QED) is 0.847. The van der Waals surface area contributed by atoms with Crippen molar-refractivity contribution in [1.82, 2.24) is 0 Å². The molecule has 0 saturated heterocycles. The molecular formula is C14H14O4S. The Labute approximate surface area is 112 Å². The summed E-state index contributed by atoms with van der Waals surface area (Å²) < 4.78 is 32.8. The molecule has 1 aliphatic rings. The zero-order valence-corrected chi connectivity index (χ0v) is 11.5. The van der Waals surface area contributed by atoms with Crippen molar-refractivity contribution in [2.24, 2.45) is 5.92 Å². The molecule has 4 nitrogen and oxygen atoms in total. The van der Waals surface area contributed by atoms with Crippen molar-refractivity contribution in [2.75, 3.05) is 0 Å². The van der Waals surface area contributed by atoms with E-state index in [1.165, 1.54) is 0 Å². The van der Waals surface area contributed by atoms with Crippen molar-refractivity contribution in [3.8, 4) is 11.5 Å². The normalized spacial score (nSPS) is 16.2. The smallest absolute Gasteiger partial charge is 0.349 e. The Morgan fingerprint density at radius 3 is 2.63 bits per heavy atom. The van der Waals surface area contributed by atoms with Gasteiger partial charge < -0.3 is 8.37 Å². The molecule has 3 rings (SSSR count). The van der Waals surface area contributed by atoms with Gasteiger partial charge in [0, 0.05) is 5.56 Å². The van der Waals surface area contributed by atoms with E-state index in [0.717, 1.165) is 22.8 Å². The van der Waals surface area contributed by atoms with Gasteiger partial charge in [-0.2, -0.15) is 0 Å². The Kier molecular flexibility index (Phi) is 2.67. The summed E-state index contributed by atoms with van der Waals surface area (Å²) in [4.78, 5) is 0. The van der Waals surface area contributed by atoms with Crippen molar-refractivity contribution in [1.29, 1.82) is 0 Å². The van der Waals surface area contributed by atoms with Gasteiger partial charge in [-0.15, -0.1) is 8.42 Å². The van der Waals surface area contributed by atoms with E-state index in [2.05, 4.69) is 13.8 Å². The Morgan fingerprint density at radius 2 is 1.89 bits per heavy atom. The van der Waals surface area contributed by atoms with E-state index < -0.39 is 10.4 Å². The minimum absolute atomic E-state index is 0.286. The maximum atomic E-state index is 11.5. The number of hydrogen-bond donors (Lipinski definition) is 0. The van der Waals surface area contributed by atoms with Gasteiger partial charge in [0.15, 0.2) is 11.5 Å². The minimum Gasteiger partial charge on any atom is -0.349 e. The van der Waals surface area contributed by atoms with Gasteiger partial charge in [-0.25, -0.2) is 0 Å². The zero-order valence-electron chi connectivity index (χ0n) is 10.7. The second kappa shape index (κ2) is 4.13. The highest BCUT2D eigenvalue weighted by molar-refractivity contribution is 7.82. The van der Waals surface area contributed by atoms with Crippen LogP contribution in [0.15, 0.2) is 30.3 Å². The van der Waals surface area contributed by atoms with Crippen molar-refractivity contribution in [2.45, 2.75) is 20.3 Å². The summed E-state index contributed by atoms with van der Waals surface area (Å²) in [6, 6.07) is 9.47. The molecule has 0 saturated carbocycles. The van der Waals surface area contributed by atoms with Crippen LogP contribution in [-0.2, 0) is 16.8 Å². The molecular weight excluding hydrogens is 264 g/mol. The molecule has 1 aliphatic heterocycles. The van der Waals surface area contributed by atoms with Crippen LogP contribution in [0.1, 0.15) is 19.4 Å². The van der Waals surface area contributed by atoms with E-state index in [-0.39, 0.29) is 5.75 Å². The molecule has 0 spiro atoms. The van der Waals surface area contributed by atoms with Crippen LogP contribution in [0, 0.1) is 5.92 Å². The van der Waals surface area contributed by atoms with Crippen molar-refractivity contribution in [3.63, 3.8) is 0 Å². The van der Waals surface area contributed by atoms with E-state index in [9.17, 15) is 8.42 Å². The Hall–Kier alpha value is -1.75. The van der Waals surface area contributed by atoms with Crippen LogP contribution in [0.2, 0.25) is 0 Å². The maximum Gasteiger partial charge on any atom is 0.501 e. The largest absolute Gasteiger partial charge is 0.501 e. The first-order valence-corrected chi connectivity index (χ1v) is 7.48. The van der Waals surface area contributed by atoms with Crippen LogP contribution in [0.25, 0.3) is 10.8 Å². The van der Waals surface area contributed by atoms with Crippen LogP contribution < -0.4 is 8.37 Å². The third-order valence-corrected chi connectivity index (χ3v) is 3.81. The van der Waals surface area contributed by atoms with Crippen molar-refractivity contribution in [3.05, 3.63) is 35.9 Å². The lowest BCUT2D eigenvalue weighted by Crippen LogP contribution is -2.08. The molecule has 19 heavy (non-hydrogen) atoms. The molecule has 0 radical (unpaired) electrons. The number of benzene rings is 2. The maximum absolute atomic E-state index is 11.5. The van der Waals surface area contributed by atoms with Crippen LogP contribution in [0.5, 0.6) is 11.5 Å². The van der Waals surface area contributed by atoms with Gasteiger partial charge in [0.1, 0.15) is 0 Å². The summed E-state index contributed by atoms with van der Waals surface area (Å²) in [6.45, 7) is 4.16. The number of rotatable bonds is 2. The highest BCUT2D eigenvalue weighted by atomic mass is 32.3. The highest BCUT2D eigenvalue weighted by Gasteiger charge is 2.32. The number of fused-ring (bicyclic) bond motifs is 2. The second-order valence-electron chi connectivity index (χ2n) is 5.08. The molecule has 0 fully saturated rings. The lowest BCUT2D eigenvalue weighted by molar-refractivity contribution is 0.435. The average molecular weight is 278 g/mol. The number of hydrogen-bond acceptors (Lipinski definition) is 4.